The summed E-state index contributed by atoms with van der Waals surface area (Å²) in [5.41, 5.74) is 0. The third kappa shape index (κ3) is 1.70. The molecule has 0 aromatic carbocycles. The van der Waals surface area contributed by atoms with Gasteiger partial charge in [0.25, 0.3) is 6.02 Å². The normalized spacial score (nSPS) is 40.9. The van der Waals surface area contributed by atoms with E-state index in [1.807, 2.05) is 0 Å². The summed E-state index contributed by atoms with van der Waals surface area (Å²) in [6, 6.07) is 1.47. The van der Waals surface area contributed by atoms with Gasteiger partial charge in [-0.05, 0) is 43.4 Å². The summed E-state index contributed by atoms with van der Waals surface area (Å²) in [6.07, 6.45) is 6.98. The van der Waals surface area contributed by atoms with Crippen LogP contribution in [0.1, 0.15) is 39.0 Å². The van der Waals surface area contributed by atoms with Crippen molar-refractivity contribution in [1.82, 2.24) is 5.32 Å². The number of nitrogens with zero attached hydrogens (tertiary/aromatic N) is 1. The molecule has 16 heavy (non-hydrogen) atoms. The molecule has 1 N–H and O–H groups in total. The van der Waals surface area contributed by atoms with Crippen molar-refractivity contribution in [3.8, 4) is 0 Å². The van der Waals surface area contributed by atoms with Crippen LogP contribution in [0.3, 0.4) is 0 Å². The Balaban J connectivity index is 1.67. The van der Waals surface area contributed by atoms with Crippen LogP contribution in [0.2, 0.25) is 0 Å². The van der Waals surface area contributed by atoms with Crippen molar-refractivity contribution in [3.63, 3.8) is 0 Å². The van der Waals surface area contributed by atoms with Crippen molar-refractivity contribution in [2.24, 2.45) is 22.7 Å². The third-order valence-electron chi connectivity index (χ3n) is 4.59. The number of hydrogen-bond donors (Lipinski definition) is 1. The molecule has 2 bridgehead atoms. The maximum absolute atomic E-state index is 5.49. The van der Waals surface area contributed by atoms with E-state index in [2.05, 4.69) is 17.2 Å². The van der Waals surface area contributed by atoms with Gasteiger partial charge in [0.05, 0.1) is 6.54 Å². The predicted octanol–water partition coefficient (Wildman–Crippen LogP) is 2.18. The quantitative estimate of drug-likeness (QED) is 0.794. The lowest BCUT2D eigenvalue weighted by Crippen LogP contribution is -2.44. The molecule has 2 fully saturated rings. The van der Waals surface area contributed by atoms with Gasteiger partial charge in [0.2, 0.25) is 0 Å². The Morgan fingerprint density at radius 2 is 2.25 bits per heavy atom. The van der Waals surface area contributed by atoms with Crippen molar-refractivity contribution < 1.29 is 4.74 Å². The van der Waals surface area contributed by atoms with Gasteiger partial charge in [-0.15, -0.1) is 0 Å². The third-order valence-corrected chi connectivity index (χ3v) is 4.59. The number of fused-ring (bicyclic) bond motifs is 2. The van der Waals surface area contributed by atoms with Crippen LogP contribution < -0.4 is 5.32 Å². The molecular weight excluding hydrogens is 200 g/mol. The van der Waals surface area contributed by atoms with E-state index in [1.165, 1.54) is 32.1 Å². The van der Waals surface area contributed by atoms with Crippen LogP contribution >= 0.6 is 0 Å². The lowest BCUT2D eigenvalue weighted by atomic mass is 9.82. The molecule has 1 aliphatic heterocycles. The van der Waals surface area contributed by atoms with E-state index in [9.17, 15) is 0 Å². The maximum Gasteiger partial charge on any atom is 0.285 e. The molecule has 0 unspecified atom stereocenters. The van der Waals surface area contributed by atoms with Crippen molar-refractivity contribution in [1.29, 1.82) is 0 Å². The van der Waals surface area contributed by atoms with Gasteiger partial charge in [-0.3, -0.25) is 0 Å². The minimum atomic E-state index is 0.649. The fourth-order valence-electron chi connectivity index (χ4n) is 3.95. The summed E-state index contributed by atoms with van der Waals surface area (Å²) in [4.78, 5) is 4.36. The second-order valence-corrected chi connectivity index (χ2v) is 5.49. The van der Waals surface area contributed by atoms with E-state index < -0.39 is 0 Å². The molecule has 0 amide bonds. The van der Waals surface area contributed by atoms with Crippen molar-refractivity contribution >= 4 is 6.02 Å². The fraction of sp³-hybridized carbons (Fsp3) is 0.923. The van der Waals surface area contributed by atoms with Crippen LogP contribution in [-0.2, 0) is 4.74 Å². The first-order chi connectivity index (χ1) is 7.88. The summed E-state index contributed by atoms with van der Waals surface area (Å²) in [5, 5.41) is 3.57. The smallest absolute Gasteiger partial charge is 0.285 e. The molecule has 3 nitrogen and oxygen atoms in total. The highest BCUT2D eigenvalue weighted by Gasteiger charge is 2.47. The first kappa shape index (κ1) is 10.4. The van der Waals surface area contributed by atoms with Gasteiger partial charge >= 0.3 is 0 Å². The molecule has 2 saturated carbocycles. The molecule has 0 saturated heterocycles. The van der Waals surface area contributed by atoms with Crippen LogP contribution in [0.25, 0.3) is 0 Å². The highest BCUT2D eigenvalue weighted by molar-refractivity contribution is 5.75. The SMILES string of the molecule is CCC[C@H]1[C@@H]2CC[C@@H](C2)[C@H]1NC1=NCCO1. The second kappa shape index (κ2) is 4.27. The Bertz CT molecular complexity index is 290. The van der Waals surface area contributed by atoms with Gasteiger partial charge in [-0.25, -0.2) is 4.99 Å². The highest BCUT2D eigenvalue weighted by atomic mass is 16.5. The number of rotatable bonds is 3. The Labute approximate surface area is 97.7 Å². The van der Waals surface area contributed by atoms with E-state index in [4.69, 9.17) is 4.74 Å². The minimum Gasteiger partial charge on any atom is -0.463 e. The lowest BCUT2D eigenvalue weighted by molar-refractivity contribution is 0.236. The first-order valence-electron chi connectivity index (χ1n) is 6.82. The molecule has 3 heteroatoms. The molecule has 3 rings (SSSR count). The summed E-state index contributed by atoms with van der Waals surface area (Å²) >= 11 is 0. The zero-order valence-corrected chi connectivity index (χ0v) is 10.1. The van der Waals surface area contributed by atoms with E-state index in [-0.39, 0.29) is 0 Å². The Hall–Kier alpha value is -0.730. The molecule has 90 valence electrons. The number of ether oxygens (including phenoxy) is 1. The summed E-state index contributed by atoms with van der Waals surface area (Å²) < 4.78 is 5.49. The lowest BCUT2D eigenvalue weighted by Gasteiger charge is -2.31. The molecule has 0 aromatic rings. The average Bonchev–Trinajstić information content (AvgIpc) is 2.98. The minimum absolute atomic E-state index is 0.649. The van der Waals surface area contributed by atoms with Crippen molar-refractivity contribution in [2.75, 3.05) is 13.2 Å². The monoisotopic (exact) mass is 222 g/mol. The summed E-state index contributed by atoms with van der Waals surface area (Å²) in [7, 11) is 0. The summed E-state index contributed by atoms with van der Waals surface area (Å²) in [6.45, 7) is 3.90. The standard InChI is InChI=1S/C13H22N2O/c1-2-3-11-9-4-5-10(8-9)12(11)15-13-14-6-7-16-13/h9-12H,2-8H2,1H3,(H,14,15)/t9-,10+,11+,12-/m1/s1. The van der Waals surface area contributed by atoms with Gasteiger partial charge in [0, 0.05) is 6.04 Å². The highest BCUT2D eigenvalue weighted by Crippen LogP contribution is 2.50. The fourth-order valence-corrected chi connectivity index (χ4v) is 3.95. The average molecular weight is 222 g/mol. The van der Waals surface area contributed by atoms with Gasteiger partial charge in [0.15, 0.2) is 0 Å². The van der Waals surface area contributed by atoms with Gasteiger partial charge in [-0.1, -0.05) is 13.3 Å². The van der Waals surface area contributed by atoms with Gasteiger partial charge in [0.1, 0.15) is 6.61 Å². The largest absolute Gasteiger partial charge is 0.463 e. The van der Waals surface area contributed by atoms with E-state index in [0.29, 0.717) is 6.04 Å². The maximum atomic E-state index is 5.49. The molecule has 1 heterocycles. The van der Waals surface area contributed by atoms with E-state index in [0.717, 1.165) is 36.9 Å². The topological polar surface area (TPSA) is 33.6 Å². The first-order valence-corrected chi connectivity index (χ1v) is 6.82. The van der Waals surface area contributed by atoms with Crippen LogP contribution in [-0.4, -0.2) is 25.2 Å². The second-order valence-electron chi connectivity index (χ2n) is 5.49. The molecule has 0 radical (unpaired) electrons. The zero-order valence-electron chi connectivity index (χ0n) is 10.1. The molecule has 3 aliphatic rings. The van der Waals surface area contributed by atoms with Crippen LogP contribution in [0.15, 0.2) is 4.99 Å². The Morgan fingerprint density at radius 1 is 1.38 bits per heavy atom. The van der Waals surface area contributed by atoms with Crippen LogP contribution in [0.5, 0.6) is 0 Å². The van der Waals surface area contributed by atoms with Gasteiger partial charge in [-0.2, -0.15) is 0 Å². The van der Waals surface area contributed by atoms with Gasteiger partial charge < -0.3 is 10.1 Å². The molecule has 2 aliphatic carbocycles. The molecular formula is C13H22N2O. The van der Waals surface area contributed by atoms with Crippen LogP contribution in [0, 0.1) is 17.8 Å². The zero-order chi connectivity index (χ0) is 11.0. The van der Waals surface area contributed by atoms with Crippen molar-refractivity contribution in [3.05, 3.63) is 0 Å². The van der Waals surface area contributed by atoms with E-state index >= 15 is 0 Å². The Morgan fingerprint density at radius 3 is 3.00 bits per heavy atom. The number of hydrogen-bond acceptors (Lipinski definition) is 3. The number of aliphatic imine (C=N–C) groups is 1. The van der Waals surface area contributed by atoms with Crippen molar-refractivity contribution in [2.45, 2.75) is 45.1 Å². The van der Waals surface area contributed by atoms with E-state index in [1.54, 1.807) is 0 Å². The predicted molar refractivity (Wildman–Crippen MR) is 64.4 cm³/mol. The molecule has 0 aromatic heterocycles. The summed E-state index contributed by atoms with van der Waals surface area (Å²) in [5.74, 6) is 2.73. The Kier molecular flexibility index (Phi) is 2.78. The van der Waals surface area contributed by atoms with Crippen LogP contribution in [0.4, 0.5) is 0 Å². The molecule has 0 spiro atoms. The molecule has 4 atom stereocenters. The number of nitrogens with one attached hydrogen (secondary N) is 1. The number of amidine groups is 1.